The Labute approximate surface area is 174 Å². The van der Waals surface area contributed by atoms with Gasteiger partial charge in [0.2, 0.25) is 11.8 Å². The van der Waals surface area contributed by atoms with E-state index in [2.05, 4.69) is 20.6 Å². The zero-order valence-corrected chi connectivity index (χ0v) is 16.9. The summed E-state index contributed by atoms with van der Waals surface area (Å²) in [6.45, 7) is 3.95. The monoisotopic (exact) mass is 400 g/mol. The van der Waals surface area contributed by atoms with E-state index in [-0.39, 0.29) is 23.7 Å². The number of benzene rings is 2. The van der Waals surface area contributed by atoms with Crippen molar-refractivity contribution in [3.63, 3.8) is 0 Å². The molecule has 0 spiro atoms. The van der Waals surface area contributed by atoms with Crippen molar-refractivity contribution in [1.29, 1.82) is 0 Å². The molecule has 0 aliphatic carbocycles. The second-order valence-corrected chi connectivity index (χ2v) is 8.13. The van der Waals surface area contributed by atoms with E-state index in [4.69, 9.17) is 0 Å². The average Bonchev–Trinajstić information content (AvgIpc) is 3.38. The molecule has 152 valence electrons. The molecule has 4 N–H and O–H groups in total. The number of carbonyl (C=O) groups excluding carboxylic acids is 2. The molecule has 5 rings (SSSR count). The van der Waals surface area contributed by atoms with Crippen molar-refractivity contribution in [2.45, 2.75) is 37.8 Å². The van der Waals surface area contributed by atoms with Crippen LogP contribution < -0.4 is 10.6 Å². The van der Waals surface area contributed by atoms with Gasteiger partial charge in [-0.3, -0.25) is 9.59 Å². The molecule has 6 nitrogen and oxygen atoms in total. The maximum atomic E-state index is 13.0. The quantitative estimate of drug-likeness (QED) is 0.422. The first-order valence-electron chi connectivity index (χ1n) is 10.3. The van der Waals surface area contributed by atoms with Crippen LogP contribution in [0.15, 0.2) is 60.9 Å². The Morgan fingerprint density at radius 3 is 1.50 bits per heavy atom. The largest absolute Gasteiger partial charge is 0.361 e. The molecule has 2 aromatic heterocycles. The van der Waals surface area contributed by atoms with Gasteiger partial charge in [-0.25, -0.2) is 0 Å². The highest BCUT2D eigenvalue weighted by Gasteiger charge is 2.40. The van der Waals surface area contributed by atoms with Crippen LogP contribution in [-0.2, 0) is 9.59 Å². The minimum absolute atomic E-state index is 0.149. The normalized spacial score (nSPS) is 21.4. The van der Waals surface area contributed by atoms with Crippen LogP contribution in [0.3, 0.4) is 0 Å². The molecular formula is C24H24N4O2. The van der Waals surface area contributed by atoms with E-state index in [1.807, 2.05) is 74.8 Å². The second kappa shape index (κ2) is 7.06. The predicted molar refractivity (Wildman–Crippen MR) is 117 cm³/mol. The molecule has 6 heteroatoms. The molecule has 1 aliphatic heterocycles. The van der Waals surface area contributed by atoms with Gasteiger partial charge in [-0.05, 0) is 23.3 Å². The third-order valence-corrected chi connectivity index (χ3v) is 6.38. The highest BCUT2D eigenvalue weighted by atomic mass is 16.2. The summed E-state index contributed by atoms with van der Waals surface area (Å²) in [6, 6.07) is 14.7. The number of fused-ring (bicyclic) bond motifs is 2. The Kier molecular flexibility index (Phi) is 4.35. The van der Waals surface area contributed by atoms with E-state index in [1.54, 1.807) is 0 Å². The number of amides is 2. The number of hydrogen-bond donors (Lipinski definition) is 4. The molecule has 0 radical (unpaired) electrons. The molecule has 2 unspecified atom stereocenters. The summed E-state index contributed by atoms with van der Waals surface area (Å²) in [5.41, 5.74) is 4.09. The fourth-order valence-electron chi connectivity index (χ4n) is 4.62. The standard InChI is InChI=1S/C24H24N4O2/c1-13(17-11-25-19-9-5-3-7-15(17)19)21-23(29)28-22(24(30)27-21)14(2)18-12-26-20-10-6-4-8-16(18)20/h3-14,21-22,25-26H,1-2H3,(H,27,30)(H,28,29)/t13?,14?,21-,22-/m1/s1. The first kappa shape index (κ1) is 18.5. The number of para-hydroxylation sites is 2. The summed E-state index contributed by atoms with van der Waals surface area (Å²) in [5, 5.41) is 8.11. The lowest BCUT2D eigenvalue weighted by molar-refractivity contribution is -0.137. The number of hydrogen-bond acceptors (Lipinski definition) is 2. The van der Waals surface area contributed by atoms with Crippen LogP contribution in [0.2, 0.25) is 0 Å². The third-order valence-electron chi connectivity index (χ3n) is 6.38. The molecule has 1 saturated heterocycles. The maximum Gasteiger partial charge on any atom is 0.243 e. The smallest absolute Gasteiger partial charge is 0.243 e. The summed E-state index contributed by atoms with van der Waals surface area (Å²) in [5.74, 6) is -0.614. The predicted octanol–water partition coefficient (Wildman–Crippen LogP) is 3.54. The highest BCUT2D eigenvalue weighted by Crippen LogP contribution is 2.31. The van der Waals surface area contributed by atoms with Gasteiger partial charge in [0.25, 0.3) is 0 Å². The van der Waals surface area contributed by atoms with Gasteiger partial charge in [0, 0.05) is 46.0 Å². The van der Waals surface area contributed by atoms with Gasteiger partial charge >= 0.3 is 0 Å². The second-order valence-electron chi connectivity index (χ2n) is 8.13. The van der Waals surface area contributed by atoms with E-state index >= 15 is 0 Å². The van der Waals surface area contributed by atoms with Gasteiger partial charge in [0.1, 0.15) is 12.1 Å². The Balaban J connectivity index is 1.39. The number of piperazine rings is 1. The van der Waals surface area contributed by atoms with Crippen molar-refractivity contribution < 1.29 is 9.59 Å². The molecule has 4 aromatic rings. The first-order valence-corrected chi connectivity index (χ1v) is 10.3. The van der Waals surface area contributed by atoms with Crippen molar-refractivity contribution >= 4 is 33.6 Å². The number of aromatic amines is 2. The zero-order chi connectivity index (χ0) is 20.8. The fraction of sp³-hybridized carbons (Fsp3) is 0.250. The minimum atomic E-state index is -0.608. The fourth-order valence-corrected chi connectivity index (χ4v) is 4.62. The Bertz CT molecular complexity index is 1160. The van der Waals surface area contributed by atoms with Crippen LogP contribution >= 0.6 is 0 Å². The number of rotatable bonds is 4. The van der Waals surface area contributed by atoms with Crippen LogP contribution in [0, 0.1) is 0 Å². The summed E-state index contributed by atoms with van der Waals surface area (Å²) in [7, 11) is 0. The van der Waals surface area contributed by atoms with Gasteiger partial charge in [0.15, 0.2) is 0 Å². The Hall–Kier alpha value is -3.54. The lowest BCUT2D eigenvalue weighted by Crippen LogP contribution is -2.64. The van der Waals surface area contributed by atoms with Crippen LogP contribution in [0.5, 0.6) is 0 Å². The SMILES string of the molecule is CC(c1c[nH]c2ccccc12)[C@H]1NC(=O)[C@@H](C(C)c2c[nH]c3ccccc23)NC1=O. The Morgan fingerprint density at radius 1 is 0.667 bits per heavy atom. The van der Waals surface area contributed by atoms with E-state index in [9.17, 15) is 9.59 Å². The summed E-state index contributed by atoms with van der Waals surface area (Å²) < 4.78 is 0. The molecule has 3 heterocycles. The average molecular weight is 400 g/mol. The molecule has 4 atom stereocenters. The van der Waals surface area contributed by atoms with Crippen molar-refractivity contribution in [3.8, 4) is 0 Å². The third kappa shape index (κ3) is 2.87. The lowest BCUT2D eigenvalue weighted by atomic mass is 9.86. The first-order chi connectivity index (χ1) is 14.5. The van der Waals surface area contributed by atoms with Crippen LogP contribution in [0.4, 0.5) is 0 Å². The number of carbonyl (C=O) groups is 2. The van der Waals surface area contributed by atoms with E-state index in [0.717, 1.165) is 32.9 Å². The number of H-pyrrole nitrogens is 2. The maximum absolute atomic E-state index is 13.0. The molecular weight excluding hydrogens is 376 g/mol. The molecule has 2 aromatic carbocycles. The molecule has 0 saturated carbocycles. The van der Waals surface area contributed by atoms with Crippen LogP contribution in [0.1, 0.15) is 36.8 Å². The van der Waals surface area contributed by atoms with Crippen molar-refractivity contribution in [1.82, 2.24) is 20.6 Å². The van der Waals surface area contributed by atoms with Crippen molar-refractivity contribution in [2.24, 2.45) is 0 Å². The summed E-state index contributed by atoms with van der Waals surface area (Å²) in [6.07, 6.45) is 3.85. The molecule has 1 aliphatic rings. The molecule has 1 fully saturated rings. The van der Waals surface area contributed by atoms with Gasteiger partial charge in [0.05, 0.1) is 0 Å². The summed E-state index contributed by atoms with van der Waals surface area (Å²) in [4.78, 5) is 32.5. The van der Waals surface area contributed by atoms with Crippen LogP contribution in [-0.4, -0.2) is 33.9 Å². The molecule has 30 heavy (non-hydrogen) atoms. The lowest BCUT2D eigenvalue weighted by Gasteiger charge is -2.35. The van der Waals surface area contributed by atoms with Gasteiger partial charge in [-0.2, -0.15) is 0 Å². The van der Waals surface area contributed by atoms with Crippen LogP contribution in [0.25, 0.3) is 21.8 Å². The van der Waals surface area contributed by atoms with Gasteiger partial charge < -0.3 is 20.6 Å². The number of nitrogens with one attached hydrogen (secondary N) is 4. The minimum Gasteiger partial charge on any atom is -0.361 e. The van der Waals surface area contributed by atoms with Gasteiger partial charge in [-0.1, -0.05) is 50.2 Å². The zero-order valence-electron chi connectivity index (χ0n) is 16.9. The van der Waals surface area contributed by atoms with Crippen molar-refractivity contribution in [2.75, 3.05) is 0 Å². The molecule has 2 amide bonds. The Morgan fingerprint density at radius 2 is 1.07 bits per heavy atom. The topological polar surface area (TPSA) is 89.8 Å². The van der Waals surface area contributed by atoms with E-state index in [1.165, 1.54) is 0 Å². The van der Waals surface area contributed by atoms with Crippen molar-refractivity contribution in [3.05, 3.63) is 72.1 Å². The highest BCUT2D eigenvalue weighted by molar-refractivity contribution is 5.99. The summed E-state index contributed by atoms with van der Waals surface area (Å²) >= 11 is 0. The van der Waals surface area contributed by atoms with Gasteiger partial charge in [-0.15, -0.1) is 0 Å². The van der Waals surface area contributed by atoms with E-state index in [0.29, 0.717) is 0 Å². The van der Waals surface area contributed by atoms with E-state index < -0.39 is 12.1 Å². The molecule has 0 bridgehead atoms. The number of aromatic nitrogens is 2.